The van der Waals surface area contributed by atoms with Gasteiger partial charge in [-0.15, -0.1) is 0 Å². The lowest BCUT2D eigenvalue weighted by Crippen LogP contribution is -2.44. The first-order chi connectivity index (χ1) is 11.1. The minimum Gasteiger partial charge on any atom is -0.356 e. The highest BCUT2D eigenvalue weighted by atomic mass is 16.2. The number of piperidine rings is 1. The topological polar surface area (TPSA) is 49.4 Å². The summed E-state index contributed by atoms with van der Waals surface area (Å²) in [6.45, 7) is 6.16. The number of rotatable bonds is 6. The number of carbonyl (C=O) groups excluding carboxylic acids is 2. The van der Waals surface area contributed by atoms with Crippen molar-refractivity contribution in [3.05, 3.63) is 0 Å². The fourth-order valence-electron chi connectivity index (χ4n) is 3.95. The van der Waals surface area contributed by atoms with E-state index in [2.05, 4.69) is 5.32 Å². The van der Waals surface area contributed by atoms with Crippen LogP contribution in [0, 0.1) is 17.8 Å². The molecule has 0 radical (unpaired) electrons. The molecule has 4 nitrogen and oxygen atoms in total. The SMILES string of the molecule is CC(C)C(=O)N1CCC(C(=O)NCCCC2CCCCC2)CC1. The van der Waals surface area contributed by atoms with E-state index in [4.69, 9.17) is 0 Å². The van der Waals surface area contributed by atoms with Crippen molar-refractivity contribution in [2.45, 2.75) is 71.6 Å². The fraction of sp³-hybridized carbons (Fsp3) is 0.895. The highest BCUT2D eigenvalue weighted by Crippen LogP contribution is 2.27. The molecule has 2 fully saturated rings. The molecule has 0 aromatic rings. The van der Waals surface area contributed by atoms with Gasteiger partial charge >= 0.3 is 0 Å². The van der Waals surface area contributed by atoms with Gasteiger partial charge in [-0.1, -0.05) is 46.0 Å². The van der Waals surface area contributed by atoms with Gasteiger partial charge in [0, 0.05) is 31.5 Å². The van der Waals surface area contributed by atoms with Gasteiger partial charge in [-0.25, -0.2) is 0 Å². The summed E-state index contributed by atoms with van der Waals surface area (Å²) in [6.07, 6.45) is 11.0. The Morgan fingerprint density at radius 3 is 2.30 bits per heavy atom. The normalized spacial score (nSPS) is 20.7. The molecule has 0 aromatic heterocycles. The zero-order valence-electron chi connectivity index (χ0n) is 15.0. The first-order valence-electron chi connectivity index (χ1n) is 9.64. The highest BCUT2D eigenvalue weighted by Gasteiger charge is 2.27. The maximum atomic E-state index is 12.2. The molecule has 1 aliphatic heterocycles. The van der Waals surface area contributed by atoms with Crippen LogP contribution in [0.1, 0.15) is 71.6 Å². The number of nitrogens with zero attached hydrogens (tertiary/aromatic N) is 1. The zero-order valence-corrected chi connectivity index (χ0v) is 15.0. The average Bonchev–Trinajstić information content (AvgIpc) is 2.59. The molecule has 1 aliphatic carbocycles. The number of hydrogen-bond donors (Lipinski definition) is 1. The van der Waals surface area contributed by atoms with Gasteiger partial charge in [-0.05, 0) is 31.6 Å². The third-order valence-electron chi connectivity index (χ3n) is 5.48. The van der Waals surface area contributed by atoms with Crippen molar-refractivity contribution in [3.63, 3.8) is 0 Å². The minimum atomic E-state index is 0.0557. The molecule has 1 saturated heterocycles. The third kappa shape index (κ3) is 5.82. The Morgan fingerprint density at radius 1 is 1.04 bits per heavy atom. The Hall–Kier alpha value is -1.06. The molecule has 0 spiro atoms. The Kier molecular flexibility index (Phi) is 7.38. The molecule has 1 N–H and O–H groups in total. The molecule has 0 atom stereocenters. The van der Waals surface area contributed by atoms with Crippen LogP contribution in [0.15, 0.2) is 0 Å². The second-order valence-electron chi connectivity index (χ2n) is 7.69. The van der Waals surface area contributed by atoms with Gasteiger partial charge < -0.3 is 10.2 Å². The van der Waals surface area contributed by atoms with Gasteiger partial charge in [-0.2, -0.15) is 0 Å². The first kappa shape index (κ1) is 18.3. The molecule has 0 bridgehead atoms. The molecule has 1 saturated carbocycles. The van der Waals surface area contributed by atoms with Crippen LogP contribution in [0.25, 0.3) is 0 Å². The van der Waals surface area contributed by atoms with Gasteiger partial charge in [0.25, 0.3) is 0 Å². The summed E-state index contributed by atoms with van der Waals surface area (Å²) in [7, 11) is 0. The van der Waals surface area contributed by atoms with E-state index >= 15 is 0 Å². The lowest BCUT2D eigenvalue weighted by Gasteiger charge is -2.32. The number of likely N-dealkylation sites (tertiary alicyclic amines) is 1. The van der Waals surface area contributed by atoms with E-state index in [0.717, 1.165) is 44.8 Å². The summed E-state index contributed by atoms with van der Waals surface area (Å²) in [5.41, 5.74) is 0. The van der Waals surface area contributed by atoms with Gasteiger partial charge in [0.15, 0.2) is 0 Å². The van der Waals surface area contributed by atoms with Crippen molar-refractivity contribution >= 4 is 11.8 Å². The molecule has 4 heteroatoms. The molecule has 0 aromatic carbocycles. The molecule has 1 heterocycles. The molecule has 0 unspecified atom stereocenters. The van der Waals surface area contributed by atoms with E-state index in [1.807, 2.05) is 18.7 Å². The second kappa shape index (κ2) is 9.29. The fourth-order valence-corrected chi connectivity index (χ4v) is 3.95. The smallest absolute Gasteiger partial charge is 0.225 e. The summed E-state index contributed by atoms with van der Waals surface area (Å²) in [4.78, 5) is 26.1. The largest absolute Gasteiger partial charge is 0.356 e. The molecule has 2 amide bonds. The molecular formula is C19H34N2O2. The van der Waals surface area contributed by atoms with Crippen LogP contribution in [0.2, 0.25) is 0 Å². The van der Waals surface area contributed by atoms with Crippen LogP contribution >= 0.6 is 0 Å². The van der Waals surface area contributed by atoms with E-state index < -0.39 is 0 Å². The Labute approximate surface area is 141 Å². The van der Waals surface area contributed by atoms with E-state index in [-0.39, 0.29) is 23.7 Å². The van der Waals surface area contributed by atoms with Gasteiger partial charge in [-0.3, -0.25) is 9.59 Å². The molecule has 2 rings (SSSR count). The number of hydrogen-bond acceptors (Lipinski definition) is 2. The summed E-state index contributed by atoms with van der Waals surface area (Å²) in [5.74, 6) is 1.47. The summed E-state index contributed by atoms with van der Waals surface area (Å²) < 4.78 is 0. The Morgan fingerprint density at radius 2 is 1.70 bits per heavy atom. The van der Waals surface area contributed by atoms with Crippen LogP contribution in [0.5, 0.6) is 0 Å². The van der Waals surface area contributed by atoms with Gasteiger partial charge in [0.2, 0.25) is 11.8 Å². The monoisotopic (exact) mass is 322 g/mol. The van der Waals surface area contributed by atoms with Crippen molar-refractivity contribution in [2.75, 3.05) is 19.6 Å². The molecular weight excluding hydrogens is 288 g/mol. The quantitative estimate of drug-likeness (QED) is 0.762. The van der Waals surface area contributed by atoms with Crippen molar-refractivity contribution in [3.8, 4) is 0 Å². The lowest BCUT2D eigenvalue weighted by molar-refractivity contribution is -0.138. The van der Waals surface area contributed by atoms with Crippen molar-refractivity contribution in [1.82, 2.24) is 10.2 Å². The van der Waals surface area contributed by atoms with E-state index in [1.54, 1.807) is 0 Å². The molecule has 132 valence electrons. The average molecular weight is 322 g/mol. The van der Waals surface area contributed by atoms with Crippen LogP contribution in [-0.4, -0.2) is 36.3 Å². The maximum Gasteiger partial charge on any atom is 0.225 e. The van der Waals surface area contributed by atoms with Crippen molar-refractivity contribution < 1.29 is 9.59 Å². The summed E-state index contributed by atoms with van der Waals surface area (Å²) in [6, 6.07) is 0. The lowest BCUT2D eigenvalue weighted by atomic mass is 9.86. The van der Waals surface area contributed by atoms with Gasteiger partial charge in [0.05, 0.1) is 0 Å². The number of carbonyl (C=O) groups is 2. The minimum absolute atomic E-state index is 0.0557. The van der Waals surface area contributed by atoms with E-state index in [1.165, 1.54) is 38.5 Å². The first-order valence-corrected chi connectivity index (χ1v) is 9.64. The molecule has 23 heavy (non-hydrogen) atoms. The highest BCUT2D eigenvalue weighted by molar-refractivity contribution is 5.80. The zero-order chi connectivity index (χ0) is 16.7. The standard InChI is InChI=1S/C19H34N2O2/c1-15(2)19(23)21-13-10-17(11-14-21)18(22)20-12-6-9-16-7-4-3-5-8-16/h15-17H,3-14H2,1-2H3,(H,20,22). The predicted octanol–water partition coefficient (Wildman–Crippen LogP) is 3.36. The van der Waals surface area contributed by atoms with Crippen LogP contribution < -0.4 is 5.32 Å². The van der Waals surface area contributed by atoms with E-state index in [0.29, 0.717) is 0 Å². The van der Waals surface area contributed by atoms with Crippen LogP contribution in [-0.2, 0) is 9.59 Å². The Bertz CT molecular complexity index is 381. The summed E-state index contributed by atoms with van der Waals surface area (Å²) in [5, 5.41) is 3.12. The number of amides is 2. The Balaban J connectivity index is 1.58. The van der Waals surface area contributed by atoms with Crippen LogP contribution in [0.3, 0.4) is 0 Å². The second-order valence-corrected chi connectivity index (χ2v) is 7.69. The molecule has 2 aliphatic rings. The third-order valence-corrected chi connectivity index (χ3v) is 5.48. The summed E-state index contributed by atoms with van der Waals surface area (Å²) >= 11 is 0. The predicted molar refractivity (Wildman–Crippen MR) is 93.0 cm³/mol. The number of nitrogens with one attached hydrogen (secondary N) is 1. The van der Waals surface area contributed by atoms with Crippen molar-refractivity contribution in [2.24, 2.45) is 17.8 Å². The van der Waals surface area contributed by atoms with Gasteiger partial charge in [0.1, 0.15) is 0 Å². The van der Waals surface area contributed by atoms with E-state index in [9.17, 15) is 9.59 Å². The maximum absolute atomic E-state index is 12.2. The van der Waals surface area contributed by atoms with Crippen LogP contribution in [0.4, 0.5) is 0 Å². The van der Waals surface area contributed by atoms with Crippen molar-refractivity contribution in [1.29, 1.82) is 0 Å².